The Bertz CT molecular complexity index is 435. The van der Waals surface area contributed by atoms with E-state index in [4.69, 9.17) is 0 Å². The molecule has 0 unspecified atom stereocenters. The fourth-order valence-electron chi connectivity index (χ4n) is 3.04. The van der Waals surface area contributed by atoms with Crippen molar-refractivity contribution >= 4 is 11.3 Å². The Labute approximate surface area is 119 Å². The molecule has 0 aliphatic heterocycles. The first-order valence-electron chi connectivity index (χ1n) is 7.32. The number of hydrogen-bond donors (Lipinski definition) is 2. The molecule has 0 atom stereocenters. The Morgan fingerprint density at radius 1 is 1.32 bits per heavy atom. The highest BCUT2D eigenvalue weighted by Crippen LogP contribution is 2.39. The number of nitrogens with one attached hydrogen (secondary N) is 2. The van der Waals surface area contributed by atoms with Crippen molar-refractivity contribution in [3.05, 3.63) is 20.7 Å². The van der Waals surface area contributed by atoms with Crippen LogP contribution in [0.2, 0.25) is 0 Å². The van der Waals surface area contributed by atoms with Crippen LogP contribution in [0, 0.1) is 17.3 Å². The first-order chi connectivity index (χ1) is 8.95. The normalized spacial score (nSPS) is 24.6. The molecule has 1 saturated carbocycles. The maximum atomic E-state index is 11.0. The van der Waals surface area contributed by atoms with E-state index >= 15 is 0 Å². The lowest BCUT2D eigenvalue weighted by molar-refractivity contribution is 0.149. The third-order valence-corrected chi connectivity index (χ3v) is 5.11. The number of aromatic nitrogens is 1. The molecular weight excluding hydrogens is 256 g/mol. The van der Waals surface area contributed by atoms with E-state index in [9.17, 15) is 4.79 Å². The van der Waals surface area contributed by atoms with Gasteiger partial charge in [0.2, 0.25) is 0 Å². The van der Waals surface area contributed by atoms with Gasteiger partial charge < -0.3 is 10.3 Å². The van der Waals surface area contributed by atoms with Crippen LogP contribution in [-0.2, 0) is 6.54 Å². The minimum absolute atomic E-state index is 0.0440. The van der Waals surface area contributed by atoms with E-state index in [-0.39, 0.29) is 4.87 Å². The number of H-pyrrole nitrogens is 1. The summed E-state index contributed by atoms with van der Waals surface area (Å²) in [6.07, 6.45) is 5.42. The first-order valence-corrected chi connectivity index (χ1v) is 8.20. The molecule has 1 aromatic rings. The SMILES string of the molecule is CC(C)(C)C1CCC(CNCc2csc(=O)[nH]2)CC1. The monoisotopic (exact) mass is 282 g/mol. The molecule has 0 radical (unpaired) electrons. The molecule has 108 valence electrons. The van der Waals surface area contributed by atoms with E-state index in [0.29, 0.717) is 5.41 Å². The minimum Gasteiger partial charge on any atom is -0.315 e. The lowest BCUT2D eigenvalue weighted by Crippen LogP contribution is -2.30. The number of rotatable bonds is 4. The van der Waals surface area contributed by atoms with Gasteiger partial charge in [0.15, 0.2) is 0 Å². The molecule has 0 aromatic carbocycles. The number of hydrogen-bond acceptors (Lipinski definition) is 3. The van der Waals surface area contributed by atoms with Crippen molar-refractivity contribution < 1.29 is 0 Å². The lowest BCUT2D eigenvalue weighted by atomic mass is 9.70. The third-order valence-electron chi connectivity index (χ3n) is 4.39. The summed E-state index contributed by atoms with van der Waals surface area (Å²) in [6.45, 7) is 8.96. The Morgan fingerprint density at radius 2 is 2.00 bits per heavy atom. The van der Waals surface area contributed by atoms with Crippen LogP contribution in [0.4, 0.5) is 0 Å². The molecular formula is C15H26N2OS. The lowest BCUT2D eigenvalue weighted by Gasteiger charge is -2.37. The average molecular weight is 282 g/mol. The largest absolute Gasteiger partial charge is 0.315 e. The third kappa shape index (κ3) is 4.46. The van der Waals surface area contributed by atoms with Gasteiger partial charge in [-0.05, 0) is 49.5 Å². The maximum Gasteiger partial charge on any atom is 0.304 e. The van der Waals surface area contributed by atoms with Gasteiger partial charge in [-0.1, -0.05) is 32.1 Å². The Hall–Kier alpha value is -0.610. The molecule has 0 saturated heterocycles. The van der Waals surface area contributed by atoms with Gasteiger partial charge in [-0.15, -0.1) is 0 Å². The van der Waals surface area contributed by atoms with Crippen LogP contribution < -0.4 is 10.2 Å². The zero-order valence-electron chi connectivity index (χ0n) is 12.3. The summed E-state index contributed by atoms with van der Waals surface area (Å²) in [5.41, 5.74) is 1.48. The van der Waals surface area contributed by atoms with E-state index in [1.165, 1.54) is 37.0 Å². The number of aromatic amines is 1. The summed E-state index contributed by atoms with van der Waals surface area (Å²) < 4.78 is 0. The second-order valence-corrected chi connectivity index (χ2v) is 7.73. The predicted molar refractivity (Wildman–Crippen MR) is 81.5 cm³/mol. The fraction of sp³-hybridized carbons (Fsp3) is 0.800. The maximum absolute atomic E-state index is 11.0. The van der Waals surface area contributed by atoms with Gasteiger partial charge in [0.05, 0.1) is 0 Å². The van der Waals surface area contributed by atoms with Gasteiger partial charge in [-0.3, -0.25) is 4.79 Å². The van der Waals surface area contributed by atoms with Crippen LogP contribution in [-0.4, -0.2) is 11.5 Å². The number of thiazole rings is 1. The zero-order chi connectivity index (χ0) is 13.9. The summed E-state index contributed by atoms with van der Waals surface area (Å²) >= 11 is 1.24. The second kappa shape index (κ2) is 6.23. The van der Waals surface area contributed by atoms with Crippen LogP contribution in [0.15, 0.2) is 10.2 Å². The van der Waals surface area contributed by atoms with Crippen molar-refractivity contribution in [1.29, 1.82) is 0 Å². The van der Waals surface area contributed by atoms with Crippen molar-refractivity contribution in [3.8, 4) is 0 Å². The highest BCUT2D eigenvalue weighted by molar-refractivity contribution is 7.07. The van der Waals surface area contributed by atoms with Gasteiger partial charge in [0.25, 0.3) is 0 Å². The molecule has 1 aliphatic carbocycles. The van der Waals surface area contributed by atoms with Crippen LogP contribution in [0.1, 0.15) is 52.1 Å². The van der Waals surface area contributed by atoms with Crippen LogP contribution in [0.3, 0.4) is 0 Å². The molecule has 0 spiro atoms. The Kier molecular flexibility index (Phi) is 4.85. The molecule has 2 rings (SSSR count). The average Bonchev–Trinajstić information content (AvgIpc) is 2.75. The van der Waals surface area contributed by atoms with Crippen LogP contribution >= 0.6 is 11.3 Å². The van der Waals surface area contributed by atoms with E-state index in [0.717, 1.165) is 30.6 Å². The molecule has 19 heavy (non-hydrogen) atoms. The van der Waals surface area contributed by atoms with Crippen LogP contribution in [0.25, 0.3) is 0 Å². The summed E-state index contributed by atoms with van der Waals surface area (Å²) in [5, 5.41) is 5.38. The van der Waals surface area contributed by atoms with E-state index in [1.807, 2.05) is 5.38 Å². The van der Waals surface area contributed by atoms with Crippen molar-refractivity contribution in [3.63, 3.8) is 0 Å². The highest BCUT2D eigenvalue weighted by atomic mass is 32.1. The minimum atomic E-state index is 0.0440. The molecule has 1 fully saturated rings. The summed E-state index contributed by atoms with van der Waals surface area (Å²) in [5.74, 6) is 1.70. The second-order valence-electron chi connectivity index (χ2n) is 6.89. The Balaban J connectivity index is 1.67. The smallest absolute Gasteiger partial charge is 0.304 e. The topological polar surface area (TPSA) is 44.9 Å². The quantitative estimate of drug-likeness (QED) is 0.889. The van der Waals surface area contributed by atoms with E-state index in [1.54, 1.807) is 0 Å². The molecule has 0 amide bonds. The summed E-state index contributed by atoms with van der Waals surface area (Å²) in [7, 11) is 0. The van der Waals surface area contributed by atoms with Crippen molar-refractivity contribution in [2.75, 3.05) is 6.54 Å². The molecule has 1 aliphatic rings. The molecule has 2 N–H and O–H groups in total. The molecule has 1 aromatic heterocycles. The molecule has 4 heteroatoms. The highest BCUT2D eigenvalue weighted by Gasteiger charge is 2.29. The summed E-state index contributed by atoms with van der Waals surface area (Å²) in [6, 6.07) is 0. The van der Waals surface area contributed by atoms with Crippen molar-refractivity contribution in [1.82, 2.24) is 10.3 Å². The van der Waals surface area contributed by atoms with Gasteiger partial charge in [0, 0.05) is 17.6 Å². The fourth-order valence-corrected chi connectivity index (χ4v) is 3.63. The van der Waals surface area contributed by atoms with Crippen LogP contribution in [0.5, 0.6) is 0 Å². The van der Waals surface area contributed by atoms with Crippen molar-refractivity contribution in [2.24, 2.45) is 17.3 Å². The Morgan fingerprint density at radius 3 is 2.53 bits per heavy atom. The molecule has 3 nitrogen and oxygen atoms in total. The van der Waals surface area contributed by atoms with Gasteiger partial charge in [-0.2, -0.15) is 0 Å². The van der Waals surface area contributed by atoms with E-state index < -0.39 is 0 Å². The first kappa shape index (κ1) is 14.8. The standard InChI is InChI=1S/C15H26N2OS/c1-15(2,3)12-6-4-11(5-7-12)8-16-9-13-10-19-14(18)17-13/h10-12,16H,4-9H2,1-3H3,(H,17,18). The van der Waals surface area contributed by atoms with Gasteiger partial charge in [-0.25, -0.2) is 0 Å². The summed E-state index contributed by atoms with van der Waals surface area (Å²) in [4.78, 5) is 13.9. The predicted octanol–water partition coefficient (Wildman–Crippen LogP) is 3.38. The van der Waals surface area contributed by atoms with Gasteiger partial charge >= 0.3 is 4.87 Å². The molecule has 0 bridgehead atoms. The zero-order valence-corrected chi connectivity index (χ0v) is 13.1. The van der Waals surface area contributed by atoms with Gasteiger partial charge in [0.1, 0.15) is 0 Å². The molecule has 1 heterocycles. The van der Waals surface area contributed by atoms with E-state index in [2.05, 4.69) is 31.1 Å². The van der Waals surface area contributed by atoms with Crippen molar-refractivity contribution in [2.45, 2.75) is 53.0 Å².